The third-order valence-corrected chi connectivity index (χ3v) is 3.99. The number of nitrogens with one attached hydrogen (secondary N) is 2. The molecule has 0 aliphatic carbocycles. The number of likely N-dealkylation sites (N-methyl/N-ethyl adjacent to an activating group) is 1. The Hall–Kier alpha value is -3.15. The van der Waals surface area contributed by atoms with Gasteiger partial charge in [-0.25, -0.2) is 0 Å². The van der Waals surface area contributed by atoms with E-state index >= 15 is 0 Å². The minimum atomic E-state index is -0.630. The highest BCUT2D eigenvalue weighted by atomic mass is 16.2. The normalized spacial score (nSPS) is 11.9. The number of hydrogen-bond acceptors (Lipinski definition) is 3. The Morgan fingerprint density at radius 1 is 1.20 bits per heavy atom. The van der Waals surface area contributed by atoms with Crippen LogP contribution in [0.25, 0.3) is 10.9 Å². The molecular formula is C19H20N4O2. The predicted molar refractivity (Wildman–Crippen MR) is 96.2 cm³/mol. The molecule has 1 aromatic carbocycles. The lowest BCUT2D eigenvalue weighted by molar-refractivity contribution is -0.130. The molecule has 2 N–H and O–H groups in total. The summed E-state index contributed by atoms with van der Waals surface area (Å²) in [5.74, 6) is -0.456. The Morgan fingerprint density at radius 3 is 2.64 bits per heavy atom. The number of fused-ring (bicyclic) bond motifs is 1. The molecule has 3 aromatic rings. The fourth-order valence-corrected chi connectivity index (χ4v) is 2.69. The van der Waals surface area contributed by atoms with Crippen molar-refractivity contribution in [3.8, 4) is 0 Å². The average Bonchev–Trinajstić information content (AvgIpc) is 3.05. The number of pyridine rings is 1. The van der Waals surface area contributed by atoms with Gasteiger partial charge in [-0.2, -0.15) is 0 Å². The van der Waals surface area contributed by atoms with Crippen molar-refractivity contribution < 1.29 is 9.59 Å². The lowest BCUT2D eigenvalue weighted by Crippen LogP contribution is -2.47. The number of nitrogens with zero attached hydrogens (tertiary/aromatic N) is 2. The van der Waals surface area contributed by atoms with Crippen LogP contribution in [0.3, 0.4) is 0 Å². The monoisotopic (exact) mass is 336 g/mol. The van der Waals surface area contributed by atoms with Gasteiger partial charge in [-0.15, -0.1) is 0 Å². The Labute approximate surface area is 145 Å². The van der Waals surface area contributed by atoms with Crippen molar-refractivity contribution in [3.05, 3.63) is 66.1 Å². The molecule has 0 aliphatic heterocycles. The number of aromatic nitrogens is 2. The molecule has 1 atom stereocenters. The highest BCUT2D eigenvalue weighted by Gasteiger charge is 2.24. The summed E-state index contributed by atoms with van der Waals surface area (Å²) < 4.78 is 0. The van der Waals surface area contributed by atoms with Crippen LogP contribution in [-0.2, 0) is 11.2 Å². The van der Waals surface area contributed by atoms with E-state index in [1.54, 1.807) is 38.6 Å². The number of aromatic amines is 1. The maximum atomic E-state index is 12.6. The molecule has 25 heavy (non-hydrogen) atoms. The molecule has 0 aliphatic rings. The second-order valence-corrected chi connectivity index (χ2v) is 6.09. The molecule has 2 amide bonds. The minimum absolute atomic E-state index is 0.144. The predicted octanol–water partition coefficient (Wildman–Crippen LogP) is 1.99. The van der Waals surface area contributed by atoms with Gasteiger partial charge in [-0.05, 0) is 17.7 Å². The third kappa shape index (κ3) is 3.85. The number of hydrogen-bond donors (Lipinski definition) is 2. The minimum Gasteiger partial charge on any atom is -0.350 e. The first kappa shape index (κ1) is 16.7. The second kappa shape index (κ2) is 7.17. The summed E-state index contributed by atoms with van der Waals surface area (Å²) in [4.78, 5) is 33.7. The van der Waals surface area contributed by atoms with E-state index in [4.69, 9.17) is 0 Å². The SMILES string of the molecule is CN(C)C(=O)C(Cc1ccccc1)NC(=O)c1cc2cnccc2[nH]1. The maximum Gasteiger partial charge on any atom is 0.268 e. The van der Waals surface area contributed by atoms with Crippen molar-refractivity contribution in [2.75, 3.05) is 14.1 Å². The van der Waals surface area contributed by atoms with E-state index in [9.17, 15) is 9.59 Å². The molecule has 6 nitrogen and oxygen atoms in total. The van der Waals surface area contributed by atoms with Gasteiger partial charge in [0.05, 0.1) is 0 Å². The van der Waals surface area contributed by atoms with Gasteiger partial charge in [0.25, 0.3) is 5.91 Å². The molecule has 1 unspecified atom stereocenters. The van der Waals surface area contributed by atoms with Gasteiger partial charge >= 0.3 is 0 Å². The average molecular weight is 336 g/mol. The lowest BCUT2D eigenvalue weighted by atomic mass is 10.0. The van der Waals surface area contributed by atoms with Crippen LogP contribution in [0, 0.1) is 0 Å². The van der Waals surface area contributed by atoms with Crippen LogP contribution in [0.15, 0.2) is 54.9 Å². The number of carbonyl (C=O) groups excluding carboxylic acids is 2. The zero-order chi connectivity index (χ0) is 17.8. The molecule has 2 aromatic heterocycles. The molecule has 0 fully saturated rings. The van der Waals surface area contributed by atoms with Crippen LogP contribution < -0.4 is 5.32 Å². The van der Waals surface area contributed by atoms with E-state index in [-0.39, 0.29) is 11.8 Å². The lowest BCUT2D eigenvalue weighted by Gasteiger charge is -2.21. The molecule has 0 bridgehead atoms. The number of carbonyl (C=O) groups is 2. The van der Waals surface area contributed by atoms with Crippen LogP contribution in [0.2, 0.25) is 0 Å². The summed E-state index contributed by atoms with van der Waals surface area (Å²) >= 11 is 0. The number of H-pyrrole nitrogens is 1. The van der Waals surface area contributed by atoms with Gasteiger partial charge < -0.3 is 15.2 Å². The van der Waals surface area contributed by atoms with Crippen molar-refractivity contribution >= 4 is 22.7 Å². The standard InChI is InChI=1S/C19H20N4O2/c1-23(2)19(25)17(10-13-6-4-3-5-7-13)22-18(24)16-11-14-12-20-9-8-15(14)21-16/h3-9,11-12,17,21H,10H2,1-2H3,(H,22,24). The van der Waals surface area contributed by atoms with Gasteiger partial charge in [0.2, 0.25) is 5.91 Å². The van der Waals surface area contributed by atoms with Crippen molar-refractivity contribution in [3.63, 3.8) is 0 Å². The molecule has 3 rings (SSSR count). The van der Waals surface area contributed by atoms with Crippen LogP contribution >= 0.6 is 0 Å². The van der Waals surface area contributed by atoms with Crippen molar-refractivity contribution in [1.82, 2.24) is 20.2 Å². The highest BCUT2D eigenvalue weighted by Crippen LogP contribution is 2.14. The van der Waals surface area contributed by atoms with E-state index in [1.165, 1.54) is 4.90 Å². The molecule has 0 saturated heterocycles. The molecule has 0 spiro atoms. The van der Waals surface area contributed by atoms with Crippen molar-refractivity contribution in [1.29, 1.82) is 0 Å². The molecule has 128 valence electrons. The summed E-state index contributed by atoms with van der Waals surface area (Å²) in [6.45, 7) is 0. The Bertz CT molecular complexity index is 854. The largest absolute Gasteiger partial charge is 0.350 e. The summed E-state index contributed by atoms with van der Waals surface area (Å²) in [5, 5.41) is 3.70. The summed E-state index contributed by atoms with van der Waals surface area (Å²) in [7, 11) is 3.36. The number of amides is 2. The van der Waals surface area contributed by atoms with Gasteiger partial charge in [-0.1, -0.05) is 30.3 Å². The Kier molecular flexibility index (Phi) is 4.79. The highest BCUT2D eigenvalue weighted by molar-refractivity contribution is 6.00. The van der Waals surface area contributed by atoms with E-state index in [1.807, 2.05) is 30.3 Å². The molecule has 2 heterocycles. The zero-order valence-corrected chi connectivity index (χ0v) is 14.2. The van der Waals surface area contributed by atoms with Crippen LogP contribution in [0.5, 0.6) is 0 Å². The van der Waals surface area contributed by atoms with Gasteiger partial charge in [0.1, 0.15) is 11.7 Å². The fraction of sp³-hybridized carbons (Fsp3) is 0.211. The van der Waals surface area contributed by atoms with Crippen LogP contribution in [0.1, 0.15) is 16.1 Å². The third-order valence-electron chi connectivity index (χ3n) is 3.99. The molecule has 6 heteroatoms. The van der Waals surface area contributed by atoms with E-state index < -0.39 is 6.04 Å². The summed E-state index contributed by atoms with van der Waals surface area (Å²) in [6.07, 6.45) is 3.79. The first-order chi connectivity index (χ1) is 12.0. The number of rotatable bonds is 5. The Morgan fingerprint density at radius 2 is 1.96 bits per heavy atom. The molecular weight excluding hydrogens is 316 g/mol. The van der Waals surface area contributed by atoms with Crippen molar-refractivity contribution in [2.45, 2.75) is 12.5 Å². The van der Waals surface area contributed by atoms with E-state index in [0.29, 0.717) is 12.1 Å². The molecule has 0 saturated carbocycles. The van der Waals surface area contributed by atoms with Crippen LogP contribution in [0.4, 0.5) is 0 Å². The van der Waals surface area contributed by atoms with Gasteiger partial charge in [-0.3, -0.25) is 14.6 Å². The molecule has 0 radical (unpaired) electrons. The van der Waals surface area contributed by atoms with Gasteiger partial charge in [0, 0.05) is 43.8 Å². The van der Waals surface area contributed by atoms with E-state index in [0.717, 1.165) is 16.5 Å². The van der Waals surface area contributed by atoms with Crippen molar-refractivity contribution in [2.24, 2.45) is 0 Å². The number of benzene rings is 1. The maximum absolute atomic E-state index is 12.6. The summed E-state index contributed by atoms with van der Waals surface area (Å²) in [5.41, 5.74) is 2.23. The van der Waals surface area contributed by atoms with Gasteiger partial charge in [0.15, 0.2) is 0 Å². The quantitative estimate of drug-likeness (QED) is 0.748. The topological polar surface area (TPSA) is 78.1 Å². The first-order valence-electron chi connectivity index (χ1n) is 8.03. The summed E-state index contributed by atoms with van der Waals surface area (Å²) in [6, 6.07) is 12.5. The second-order valence-electron chi connectivity index (χ2n) is 6.09. The first-order valence-corrected chi connectivity index (χ1v) is 8.03. The van der Waals surface area contributed by atoms with E-state index in [2.05, 4.69) is 15.3 Å². The Balaban J connectivity index is 1.81. The smallest absolute Gasteiger partial charge is 0.268 e. The zero-order valence-electron chi connectivity index (χ0n) is 14.2. The van der Waals surface area contributed by atoms with Crippen LogP contribution in [-0.4, -0.2) is 46.8 Å². The fourth-order valence-electron chi connectivity index (χ4n) is 2.69.